The molecule has 2 aromatic carbocycles. The topological polar surface area (TPSA) is 12.0 Å². The first-order valence-corrected chi connectivity index (χ1v) is 6.71. The molecule has 0 amide bonds. The minimum Gasteiger partial charge on any atom is -0.378 e. The summed E-state index contributed by atoms with van der Waals surface area (Å²) >= 11 is 0. The van der Waals surface area contributed by atoms with Crippen molar-refractivity contribution in [3.8, 4) is 0 Å². The van der Waals surface area contributed by atoms with Gasteiger partial charge in [0.25, 0.3) is 0 Å². The highest BCUT2D eigenvalue weighted by atomic mass is 19.2. The first kappa shape index (κ1) is 13.9. The van der Waals surface area contributed by atoms with E-state index in [1.807, 2.05) is 0 Å². The van der Waals surface area contributed by atoms with Crippen LogP contribution in [0.2, 0.25) is 0 Å². The molecule has 1 N–H and O–H groups in total. The monoisotopic (exact) mass is 295 g/mol. The van der Waals surface area contributed by atoms with Crippen molar-refractivity contribution in [2.45, 2.75) is 18.9 Å². The fourth-order valence-corrected chi connectivity index (χ4v) is 2.39. The number of halogens is 4. The predicted octanol–water partition coefficient (Wildman–Crippen LogP) is 4.81. The number of anilines is 1. The molecule has 2 aromatic rings. The third-order valence-electron chi connectivity index (χ3n) is 3.63. The molecule has 0 radical (unpaired) electrons. The number of benzene rings is 2. The maximum atomic E-state index is 13.3. The second-order valence-corrected chi connectivity index (χ2v) is 5.26. The SMILES string of the molecule is Fc1ccc(C(Nc2cc(F)c(F)c(F)c2)C2CC2)cc1. The second kappa shape index (κ2) is 5.39. The molecular formula is C16H13F4N. The fraction of sp³-hybridized carbons (Fsp3) is 0.250. The van der Waals surface area contributed by atoms with Crippen molar-refractivity contribution in [1.82, 2.24) is 0 Å². The van der Waals surface area contributed by atoms with Crippen molar-refractivity contribution in [3.63, 3.8) is 0 Å². The van der Waals surface area contributed by atoms with Gasteiger partial charge in [-0.05, 0) is 36.5 Å². The van der Waals surface area contributed by atoms with Gasteiger partial charge >= 0.3 is 0 Å². The molecule has 110 valence electrons. The van der Waals surface area contributed by atoms with E-state index in [0.717, 1.165) is 30.5 Å². The third kappa shape index (κ3) is 3.01. The van der Waals surface area contributed by atoms with Gasteiger partial charge in [0.15, 0.2) is 17.5 Å². The Balaban J connectivity index is 1.87. The molecule has 5 heteroatoms. The van der Waals surface area contributed by atoms with Crippen molar-refractivity contribution < 1.29 is 17.6 Å². The molecule has 1 fully saturated rings. The Morgan fingerprint density at radius 1 is 0.905 bits per heavy atom. The Hall–Kier alpha value is -2.04. The van der Waals surface area contributed by atoms with Gasteiger partial charge in [-0.3, -0.25) is 0 Å². The van der Waals surface area contributed by atoms with E-state index in [-0.39, 0.29) is 17.5 Å². The lowest BCUT2D eigenvalue weighted by Crippen LogP contribution is -2.13. The summed E-state index contributed by atoms with van der Waals surface area (Å²) in [6, 6.07) is 7.66. The van der Waals surface area contributed by atoms with Gasteiger partial charge in [0.1, 0.15) is 5.82 Å². The number of rotatable bonds is 4. The lowest BCUT2D eigenvalue weighted by Gasteiger charge is -2.20. The van der Waals surface area contributed by atoms with Crippen LogP contribution >= 0.6 is 0 Å². The zero-order valence-electron chi connectivity index (χ0n) is 11.0. The lowest BCUT2D eigenvalue weighted by atomic mass is 10.0. The summed E-state index contributed by atoms with van der Waals surface area (Å²) in [7, 11) is 0. The Labute approximate surface area is 119 Å². The van der Waals surface area contributed by atoms with Crippen molar-refractivity contribution >= 4 is 5.69 Å². The van der Waals surface area contributed by atoms with Crippen LogP contribution in [0.15, 0.2) is 36.4 Å². The molecule has 0 spiro atoms. The summed E-state index contributed by atoms with van der Waals surface area (Å²) in [6.07, 6.45) is 1.97. The van der Waals surface area contributed by atoms with Crippen LogP contribution in [0.3, 0.4) is 0 Å². The average Bonchev–Trinajstić information content (AvgIpc) is 3.28. The molecule has 1 unspecified atom stereocenters. The van der Waals surface area contributed by atoms with Crippen LogP contribution in [0.1, 0.15) is 24.4 Å². The van der Waals surface area contributed by atoms with Crippen LogP contribution in [0.25, 0.3) is 0 Å². The molecule has 3 rings (SSSR count). The van der Waals surface area contributed by atoms with E-state index in [1.54, 1.807) is 12.1 Å². The molecule has 21 heavy (non-hydrogen) atoms. The Bertz CT molecular complexity index is 627. The molecule has 0 bridgehead atoms. The van der Waals surface area contributed by atoms with Gasteiger partial charge in [0.05, 0.1) is 6.04 Å². The minimum atomic E-state index is -1.48. The van der Waals surface area contributed by atoms with Crippen LogP contribution < -0.4 is 5.32 Å². The van der Waals surface area contributed by atoms with Gasteiger partial charge in [0, 0.05) is 17.8 Å². The summed E-state index contributed by atoms with van der Waals surface area (Å²) in [4.78, 5) is 0. The molecule has 1 atom stereocenters. The molecule has 0 heterocycles. The largest absolute Gasteiger partial charge is 0.378 e. The minimum absolute atomic E-state index is 0.171. The van der Waals surface area contributed by atoms with Crippen LogP contribution in [0.5, 0.6) is 0 Å². The van der Waals surface area contributed by atoms with Gasteiger partial charge in [-0.25, -0.2) is 17.6 Å². The fourth-order valence-electron chi connectivity index (χ4n) is 2.39. The van der Waals surface area contributed by atoms with Crippen molar-refractivity contribution in [2.75, 3.05) is 5.32 Å². The summed E-state index contributed by atoms with van der Waals surface area (Å²) in [5.74, 6) is -3.96. The number of nitrogens with one attached hydrogen (secondary N) is 1. The van der Waals surface area contributed by atoms with E-state index in [2.05, 4.69) is 5.32 Å². The zero-order valence-corrected chi connectivity index (χ0v) is 11.0. The van der Waals surface area contributed by atoms with Crippen molar-refractivity contribution in [2.24, 2.45) is 5.92 Å². The molecule has 0 aliphatic heterocycles. The lowest BCUT2D eigenvalue weighted by molar-refractivity contribution is 0.447. The maximum absolute atomic E-state index is 13.3. The van der Waals surface area contributed by atoms with Crippen molar-refractivity contribution in [3.05, 3.63) is 65.2 Å². The maximum Gasteiger partial charge on any atom is 0.194 e. The van der Waals surface area contributed by atoms with Gasteiger partial charge in [-0.1, -0.05) is 12.1 Å². The van der Waals surface area contributed by atoms with Crippen LogP contribution in [0.4, 0.5) is 23.2 Å². The van der Waals surface area contributed by atoms with E-state index >= 15 is 0 Å². The standard InChI is InChI=1S/C16H13F4N/c17-11-5-3-10(4-6-11)16(9-1-2-9)21-12-7-13(18)15(20)14(19)8-12/h3-9,16,21H,1-2H2. The first-order valence-electron chi connectivity index (χ1n) is 6.71. The van der Waals surface area contributed by atoms with E-state index in [9.17, 15) is 17.6 Å². The number of hydrogen-bond acceptors (Lipinski definition) is 1. The van der Waals surface area contributed by atoms with Crippen LogP contribution in [0, 0.1) is 29.2 Å². The highest BCUT2D eigenvalue weighted by Crippen LogP contribution is 2.43. The summed E-state index contributed by atoms with van der Waals surface area (Å²) in [6.45, 7) is 0. The Kier molecular flexibility index (Phi) is 3.57. The quantitative estimate of drug-likeness (QED) is 0.630. The van der Waals surface area contributed by atoms with Crippen LogP contribution in [-0.4, -0.2) is 0 Å². The molecule has 0 saturated heterocycles. The molecule has 1 aliphatic carbocycles. The highest BCUT2D eigenvalue weighted by Gasteiger charge is 2.32. The molecule has 1 nitrogen and oxygen atoms in total. The summed E-state index contributed by atoms with van der Waals surface area (Å²) < 4.78 is 52.5. The van der Waals surface area contributed by atoms with E-state index in [1.165, 1.54) is 12.1 Å². The van der Waals surface area contributed by atoms with E-state index in [0.29, 0.717) is 5.92 Å². The predicted molar refractivity (Wildman–Crippen MR) is 71.8 cm³/mol. The summed E-state index contributed by atoms with van der Waals surface area (Å²) in [5, 5.41) is 3.02. The number of hydrogen-bond donors (Lipinski definition) is 1. The van der Waals surface area contributed by atoms with E-state index < -0.39 is 17.5 Å². The van der Waals surface area contributed by atoms with Crippen LogP contribution in [-0.2, 0) is 0 Å². The Morgan fingerprint density at radius 2 is 1.48 bits per heavy atom. The van der Waals surface area contributed by atoms with E-state index in [4.69, 9.17) is 0 Å². The molecule has 1 saturated carbocycles. The van der Waals surface area contributed by atoms with Gasteiger partial charge in [-0.15, -0.1) is 0 Å². The second-order valence-electron chi connectivity index (χ2n) is 5.26. The first-order chi connectivity index (χ1) is 10.0. The van der Waals surface area contributed by atoms with Gasteiger partial charge < -0.3 is 5.32 Å². The zero-order chi connectivity index (χ0) is 15.0. The molecule has 0 aromatic heterocycles. The normalized spacial score (nSPS) is 15.8. The smallest absolute Gasteiger partial charge is 0.194 e. The Morgan fingerprint density at radius 3 is 2.00 bits per heavy atom. The van der Waals surface area contributed by atoms with Crippen molar-refractivity contribution in [1.29, 1.82) is 0 Å². The van der Waals surface area contributed by atoms with Gasteiger partial charge in [-0.2, -0.15) is 0 Å². The molecular weight excluding hydrogens is 282 g/mol. The molecule has 1 aliphatic rings. The third-order valence-corrected chi connectivity index (χ3v) is 3.63. The summed E-state index contributed by atoms with van der Waals surface area (Å²) in [5.41, 5.74) is 1.01. The highest BCUT2D eigenvalue weighted by molar-refractivity contribution is 5.47. The van der Waals surface area contributed by atoms with Gasteiger partial charge in [0.2, 0.25) is 0 Å². The average molecular weight is 295 g/mol.